The number of ether oxygens (including phenoxy) is 1. The van der Waals surface area contributed by atoms with Crippen molar-refractivity contribution >= 4 is 33.8 Å². The molecule has 0 spiro atoms. The monoisotopic (exact) mass is 609 g/mol. The lowest BCUT2D eigenvalue weighted by molar-refractivity contribution is -0.141. The van der Waals surface area contributed by atoms with Crippen LogP contribution < -0.4 is 15.4 Å². The van der Waals surface area contributed by atoms with Gasteiger partial charge in [0.2, 0.25) is 21.8 Å². The number of hydrogen-bond donors (Lipinski definition) is 4. The zero-order valence-electron chi connectivity index (χ0n) is 24.5. The molecule has 0 aromatic rings. The summed E-state index contributed by atoms with van der Waals surface area (Å²) >= 11 is 0. The molecule has 0 unspecified atom stereocenters. The van der Waals surface area contributed by atoms with Crippen LogP contribution in [0.15, 0.2) is 12.2 Å². The van der Waals surface area contributed by atoms with Crippen LogP contribution in [0, 0.1) is 5.92 Å². The van der Waals surface area contributed by atoms with Gasteiger partial charge in [-0.1, -0.05) is 12.2 Å². The minimum absolute atomic E-state index is 0.0539. The molecule has 0 aromatic carbocycles. The smallest absolute Gasteiger partial charge is 0.408 e. The maximum absolute atomic E-state index is 14.0. The number of amides is 4. The van der Waals surface area contributed by atoms with Crippen molar-refractivity contribution in [2.24, 2.45) is 5.92 Å². The lowest BCUT2D eigenvalue weighted by Crippen LogP contribution is -2.60. The van der Waals surface area contributed by atoms with Crippen LogP contribution in [0.5, 0.6) is 0 Å². The van der Waals surface area contributed by atoms with Crippen molar-refractivity contribution in [2.75, 3.05) is 19.6 Å². The molecule has 0 aromatic heterocycles. The van der Waals surface area contributed by atoms with E-state index in [0.717, 1.165) is 19.3 Å². The van der Waals surface area contributed by atoms with Crippen molar-refractivity contribution in [3.8, 4) is 0 Å². The van der Waals surface area contributed by atoms with Crippen LogP contribution in [0.2, 0.25) is 0 Å². The van der Waals surface area contributed by atoms with Crippen LogP contribution in [0.1, 0.15) is 72.1 Å². The van der Waals surface area contributed by atoms with Gasteiger partial charge < -0.3 is 25.4 Å². The maximum atomic E-state index is 14.0. The summed E-state index contributed by atoms with van der Waals surface area (Å²) < 4.78 is 32.7. The number of alkyl carbamates (subject to hydrolysis) is 1. The fraction of sp³-hybridized carbons (Fsp3) is 0.786. The lowest BCUT2D eigenvalue weighted by Gasteiger charge is -2.33. The first-order valence-electron chi connectivity index (χ1n) is 15.0. The first-order chi connectivity index (χ1) is 19.7. The molecule has 14 heteroatoms. The van der Waals surface area contributed by atoms with Gasteiger partial charge in [0.1, 0.15) is 23.2 Å². The number of nitrogens with zero attached hydrogens (tertiary/aromatic N) is 2. The summed E-state index contributed by atoms with van der Waals surface area (Å²) in [6.07, 6.45) is 6.61. The van der Waals surface area contributed by atoms with Gasteiger partial charge in [0.05, 0.1) is 11.4 Å². The Kier molecular flexibility index (Phi) is 8.36. The molecule has 13 nitrogen and oxygen atoms in total. The molecule has 0 radical (unpaired) electrons. The van der Waals surface area contributed by atoms with Crippen molar-refractivity contribution in [3.05, 3.63) is 12.2 Å². The molecule has 0 bridgehead atoms. The van der Waals surface area contributed by atoms with Gasteiger partial charge in [0.25, 0.3) is 5.91 Å². The van der Waals surface area contributed by atoms with Crippen LogP contribution in [0.4, 0.5) is 4.79 Å². The predicted octanol–water partition coefficient (Wildman–Crippen LogP) is 0.139. The number of aliphatic hydroxyl groups excluding tert-OH is 1. The molecule has 4 amide bonds. The van der Waals surface area contributed by atoms with E-state index in [2.05, 4.69) is 20.3 Å². The second-order valence-electron chi connectivity index (χ2n) is 13.3. The summed E-state index contributed by atoms with van der Waals surface area (Å²) in [5, 5.41) is 15.4. The molecule has 5 aliphatic rings. The summed E-state index contributed by atoms with van der Waals surface area (Å²) in [5.41, 5.74) is -2.25. The number of rotatable bonds is 5. The zero-order chi connectivity index (χ0) is 30.4. The summed E-state index contributed by atoms with van der Waals surface area (Å²) in [6.45, 7) is 5.94. The molecule has 2 heterocycles. The van der Waals surface area contributed by atoms with Crippen LogP contribution in [-0.2, 0) is 29.1 Å². The topological polar surface area (TPSA) is 174 Å². The quantitative estimate of drug-likeness (QED) is 0.316. The Bertz CT molecular complexity index is 1240. The van der Waals surface area contributed by atoms with E-state index in [9.17, 15) is 32.7 Å². The molecule has 1 saturated heterocycles. The van der Waals surface area contributed by atoms with E-state index in [-0.39, 0.29) is 32.0 Å². The average molecular weight is 610 g/mol. The van der Waals surface area contributed by atoms with Gasteiger partial charge in [0, 0.05) is 31.5 Å². The molecular formula is C28H43N5O8S. The third kappa shape index (κ3) is 7.08. The number of hydrogen-bond acceptors (Lipinski definition) is 9. The highest BCUT2D eigenvalue weighted by molar-refractivity contribution is 7.91. The first kappa shape index (κ1) is 30.7. The summed E-state index contributed by atoms with van der Waals surface area (Å²) in [6, 6.07) is -1.85. The van der Waals surface area contributed by atoms with Crippen LogP contribution in [0.25, 0.3) is 0 Å². The molecule has 3 aliphatic carbocycles. The van der Waals surface area contributed by atoms with E-state index in [1.807, 2.05) is 12.2 Å². The Hall–Kier alpha value is -2.71. The number of sulfonamides is 1. The highest BCUT2D eigenvalue weighted by atomic mass is 32.2. The Morgan fingerprint density at radius 3 is 2.50 bits per heavy atom. The van der Waals surface area contributed by atoms with Crippen molar-refractivity contribution in [3.63, 3.8) is 0 Å². The third-order valence-electron chi connectivity index (χ3n) is 8.48. The van der Waals surface area contributed by atoms with E-state index in [4.69, 9.17) is 4.74 Å². The van der Waals surface area contributed by atoms with Crippen LogP contribution in [0.3, 0.4) is 0 Å². The molecule has 5 atom stereocenters. The van der Waals surface area contributed by atoms with E-state index in [1.54, 1.807) is 20.8 Å². The number of carbonyl (C=O) groups excluding carboxylic acids is 4. The second-order valence-corrected chi connectivity index (χ2v) is 15.3. The molecule has 4 N–H and O–H groups in total. The fourth-order valence-corrected chi connectivity index (χ4v) is 7.24. The molecule has 5 rings (SSSR count). The van der Waals surface area contributed by atoms with E-state index in [0.29, 0.717) is 25.8 Å². The van der Waals surface area contributed by atoms with Crippen molar-refractivity contribution in [1.82, 2.24) is 25.2 Å². The van der Waals surface area contributed by atoms with E-state index in [1.165, 1.54) is 4.90 Å². The highest BCUT2D eigenvalue weighted by Gasteiger charge is 2.62. The minimum atomic E-state index is -3.84. The molecule has 4 fully saturated rings. The van der Waals surface area contributed by atoms with Crippen LogP contribution in [-0.4, -0.2) is 107 Å². The van der Waals surface area contributed by atoms with Crippen molar-refractivity contribution in [1.29, 1.82) is 0 Å². The maximum Gasteiger partial charge on any atom is 0.408 e. The number of allylic oxidation sites excluding steroid dienone is 1. The third-order valence-corrected chi connectivity index (χ3v) is 10.3. The summed E-state index contributed by atoms with van der Waals surface area (Å²) in [5.74, 6) is -2.38. The van der Waals surface area contributed by atoms with Crippen molar-refractivity contribution < 1.29 is 37.4 Å². The fourth-order valence-electron chi connectivity index (χ4n) is 5.88. The van der Waals surface area contributed by atoms with Gasteiger partial charge in [-0.3, -0.25) is 24.0 Å². The Balaban J connectivity index is 1.41. The van der Waals surface area contributed by atoms with Gasteiger partial charge in [-0.2, -0.15) is 0 Å². The summed E-state index contributed by atoms with van der Waals surface area (Å²) in [4.78, 5) is 57.2. The summed E-state index contributed by atoms with van der Waals surface area (Å²) in [7, 11) is -3.84. The number of nitrogens with one attached hydrogen (secondary N) is 3. The van der Waals surface area contributed by atoms with Crippen molar-refractivity contribution in [2.45, 2.75) is 113 Å². The second kappa shape index (κ2) is 11.4. The number of aliphatic hydroxyl groups is 1. The highest BCUT2D eigenvalue weighted by Crippen LogP contribution is 2.46. The van der Waals surface area contributed by atoms with E-state index < -0.39 is 74.3 Å². The van der Waals surface area contributed by atoms with Gasteiger partial charge in [-0.25, -0.2) is 13.2 Å². The first-order valence-corrected chi connectivity index (χ1v) is 16.5. The van der Waals surface area contributed by atoms with Gasteiger partial charge in [-0.15, -0.1) is 0 Å². The van der Waals surface area contributed by atoms with Gasteiger partial charge in [0.15, 0.2) is 0 Å². The van der Waals surface area contributed by atoms with Gasteiger partial charge in [-0.05, 0) is 72.3 Å². The van der Waals surface area contributed by atoms with Crippen LogP contribution >= 0.6 is 0 Å². The molecular weight excluding hydrogens is 566 g/mol. The SMILES string of the molecule is CC(C)(C)OC(=O)N[C@H]1CN(C2CC2)CCC/C=C\[C@H]2C[C@@]2(C(=O)NS(=O)(=O)C2CC2)NC(=O)[C@@H]2C[C@@H](O)CN2C1=O. The Morgan fingerprint density at radius 2 is 1.86 bits per heavy atom. The lowest BCUT2D eigenvalue weighted by atomic mass is 10.1. The molecule has 2 aliphatic heterocycles. The number of carbonyl (C=O) groups is 4. The number of fused-ring (bicyclic) bond motifs is 2. The normalized spacial score (nSPS) is 33.8. The Labute approximate surface area is 246 Å². The molecule has 234 valence electrons. The standard InChI is InChI=1S/C28H43N5O8S/c1-27(2,3)41-26(38)29-21-16-32(18-8-9-18)12-6-4-5-7-17-14-28(17,25(37)31-42(39,40)20-10-11-20)30-23(35)22-13-19(34)15-33(22)24(21)36/h5,7,17-22,34H,4,6,8-16H2,1-3H3,(H,29,38)(H,30,35)(H,31,37)/b7-5-/t17-,19+,21-,22-,28+/m0/s1. The predicted molar refractivity (Wildman–Crippen MR) is 151 cm³/mol. The zero-order valence-corrected chi connectivity index (χ0v) is 25.3. The average Bonchev–Trinajstić information content (AvgIpc) is 3.75. The largest absolute Gasteiger partial charge is 0.444 e. The molecule has 3 saturated carbocycles. The Morgan fingerprint density at radius 1 is 1.14 bits per heavy atom. The minimum Gasteiger partial charge on any atom is -0.444 e. The molecule has 42 heavy (non-hydrogen) atoms. The van der Waals surface area contributed by atoms with Gasteiger partial charge >= 0.3 is 6.09 Å². The van der Waals surface area contributed by atoms with E-state index >= 15 is 0 Å².